The SMILES string of the molecule is CCC(O)C(=O)c1cc(C)ccc1C. The van der Waals surface area contributed by atoms with Crippen molar-refractivity contribution in [3.63, 3.8) is 0 Å². The van der Waals surface area contributed by atoms with E-state index >= 15 is 0 Å². The summed E-state index contributed by atoms with van der Waals surface area (Å²) in [4.78, 5) is 11.7. The lowest BCUT2D eigenvalue weighted by atomic mass is 9.98. The first-order valence-corrected chi connectivity index (χ1v) is 4.85. The van der Waals surface area contributed by atoms with Gasteiger partial charge in [0.2, 0.25) is 0 Å². The molecule has 0 heterocycles. The third kappa shape index (κ3) is 2.20. The Morgan fingerprint density at radius 1 is 1.43 bits per heavy atom. The normalized spacial score (nSPS) is 12.6. The molecular weight excluding hydrogens is 176 g/mol. The van der Waals surface area contributed by atoms with Gasteiger partial charge in [0.1, 0.15) is 6.10 Å². The summed E-state index contributed by atoms with van der Waals surface area (Å²) >= 11 is 0. The summed E-state index contributed by atoms with van der Waals surface area (Å²) < 4.78 is 0. The first-order chi connectivity index (χ1) is 6.56. The van der Waals surface area contributed by atoms with Crippen LogP contribution in [-0.2, 0) is 0 Å². The number of benzene rings is 1. The number of Topliss-reactive ketones (excluding diaryl/α,β-unsaturated/α-hetero) is 1. The van der Waals surface area contributed by atoms with Crippen LogP contribution in [-0.4, -0.2) is 17.0 Å². The van der Waals surface area contributed by atoms with E-state index in [0.717, 1.165) is 11.1 Å². The highest BCUT2D eigenvalue weighted by Crippen LogP contribution is 2.13. The number of carbonyl (C=O) groups excluding carboxylic acids is 1. The van der Waals surface area contributed by atoms with Crippen molar-refractivity contribution in [2.45, 2.75) is 33.3 Å². The average Bonchev–Trinajstić information content (AvgIpc) is 2.19. The van der Waals surface area contributed by atoms with Gasteiger partial charge in [0.15, 0.2) is 5.78 Å². The van der Waals surface area contributed by atoms with Gasteiger partial charge in [0.25, 0.3) is 0 Å². The molecule has 0 aliphatic rings. The molecule has 0 saturated carbocycles. The highest BCUT2D eigenvalue weighted by Gasteiger charge is 2.16. The quantitative estimate of drug-likeness (QED) is 0.746. The van der Waals surface area contributed by atoms with E-state index in [2.05, 4.69) is 0 Å². The maximum atomic E-state index is 11.7. The summed E-state index contributed by atoms with van der Waals surface area (Å²) in [6, 6.07) is 5.70. The van der Waals surface area contributed by atoms with Crippen LogP contribution < -0.4 is 0 Å². The molecule has 1 rings (SSSR count). The van der Waals surface area contributed by atoms with Crippen molar-refractivity contribution in [2.24, 2.45) is 0 Å². The Morgan fingerprint density at radius 2 is 2.07 bits per heavy atom. The first-order valence-electron chi connectivity index (χ1n) is 4.85. The van der Waals surface area contributed by atoms with E-state index in [4.69, 9.17) is 0 Å². The van der Waals surface area contributed by atoms with Gasteiger partial charge in [-0.3, -0.25) is 4.79 Å². The second-order valence-electron chi connectivity index (χ2n) is 3.61. The molecule has 0 saturated heterocycles. The van der Waals surface area contributed by atoms with Crippen molar-refractivity contribution in [3.05, 3.63) is 34.9 Å². The van der Waals surface area contributed by atoms with Gasteiger partial charge in [-0.1, -0.05) is 24.6 Å². The number of ketones is 1. The molecule has 1 aromatic rings. The van der Waals surface area contributed by atoms with E-state index in [-0.39, 0.29) is 5.78 Å². The molecular formula is C12H16O2. The molecule has 2 nitrogen and oxygen atoms in total. The first kappa shape index (κ1) is 10.9. The minimum Gasteiger partial charge on any atom is -0.385 e. The predicted molar refractivity (Wildman–Crippen MR) is 56.5 cm³/mol. The Balaban J connectivity index is 3.06. The molecule has 2 heteroatoms. The fraction of sp³-hybridized carbons (Fsp3) is 0.417. The van der Waals surface area contributed by atoms with E-state index < -0.39 is 6.10 Å². The van der Waals surface area contributed by atoms with Gasteiger partial charge in [0.05, 0.1) is 0 Å². The Bertz CT molecular complexity index is 342. The van der Waals surface area contributed by atoms with Crippen LogP contribution in [0.15, 0.2) is 18.2 Å². The molecule has 0 aliphatic carbocycles. The van der Waals surface area contributed by atoms with Gasteiger partial charge in [-0.25, -0.2) is 0 Å². The Morgan fingerprint density at radius 3 is 2.64 bits per heavy atom. The maximum Gasteiger partial charge on any atom is 0.191 e. The number of aliphatic hydroxyl groups is 1. The third-order valence-electron chi connectivity index (χ3n) is 2.35. The van der Waals surface area contributed by atoms with Gasteiger partial charge >= 0.3 is 0 Å². The van der Waals surface area contributed by atoms with Crippen molar-refractivity contribution in [1.82, 2.24) is 0 Å². The zero-order valence-electron chi connectivity index (χ0n) is 8.87. The Hall–Kier alpha value is -1.15. The van der Waals surface area contributed by atoms with Gasteiger partial charge in [-0.2, -0.15) is 0 Å². The van der Waals surface area contributed by atoms with Crippen LogP contribution in [0.25, 0.3) is 0 Å². The maximum absolute atomic E-state index is 11.7. The monoisotopic (exact) mass is 192 g/mol. The summed E-state index contributed by atoms with van der Waals surface area (Å²) in [6.45, 7) is 5.62. The fourth-order valence-electron chi connectivity index (χ4n) is 1.37. The van der Waals surface area contributed by atoms with E-state index in [9.17, 15) is 9.90 Å². The van der Waals surface area contributed by atoms with Crippen molar-refractivity contribution in [1.29, 1.82) is 0 Å². The van der Waals surface area contributed by atoms with E-state index in [1.165, 1.54) is 0 Å². The number of rotatable bonds is 3. The van der Waals surface area contributed by atoms with Crippen LogP contribution in [0.1, 0.15) is 34.8 Å². The largest absolute Gasteiger partial charge is 0.385 e. The van der Waals surface area contributed by atoms with Gasteiger partial charge in [0, 0.05) is 5.56 Å². The number of carbonyl (C=O) groups is 1. The molecule has 0 bridgehead atoms. The Kier molecular flexibility index (Phi) is 3.42. The highest BCUT2D eigenvalue weighted by atomic mass is 16.3. The van der Waals surface area contributed by atoms with Crippen molar-refractivity contribution < 1.29 is 9.90 Å². The van der Waals surface area contributed by atoms with Crippen LogP contribution in [0.5, 0.6) is 0 Å². The lowest BCUT2D eigenvalue weighted by Gasteiger charge is -2.09. The number of hydrogen-bond donors (Lipinski definition) is 1. The van der Waals surface area contributed by atoms with Crippen molar-refractivity contribution in [3.8, 4) is 0 Å². The van der Waals surface area contributed by atoms with E-state index in [0.29, 0.717) is 12.0 Å². The third-order valence-corrected chi connectivity index (χ3v) is 2.35. The smallest absolute Gasteiger partial charge is 0.191 e. The van der Waals surface area contributed by atoms with Gasteiger partial charge in [-0.05, 0) is 31.9 Å². The average molecular weight is 192 g/mol. The second kappa shape index (κ2) is 4.38. The molecule has 0 aromatic heterocycles. The number of aliphatic hydroxyl groups excluding tert-OH is 1. The predicted octanol–water partition coefficient (Wildman–Crippen LogP) is 2.26. The molecule has 76 valence electrons. The van der Waals surface area contributed by atoms with Crippen molar-refractivity contribution in [2.75, 3.05) is 0 Å². The summed E-state index contributed by atoms with van der Waals surface area (Å²) in [5.74, 6) is -0.172. The number of aryl methyl sites for hydroxylation is 2. The molecule has 0 spiro atoms. The minimum absolute atomic E-state index is 0.172. The molecule has 0 radical (unpaired) electrons. The molecule has 1 N–H and O–H groups in total. The van der Waals surface area contributed by atoms with Gasteiger partial charge < -0.3 is 5.11 Å². The highest BCUT2D eigenvalue weighted by molar-refractivity contribution is 6.00. The summed E-state index contributed by atoms with van der Waals surface area (Å²) in [5.41, 5.74) is 2.61. The lowest BCUT2D eigenvalue weighted by Crippen LogP contribution is -2.20. The molecule has 1 atom stereocenters. The van der Waals surface area contributed by atoms with Crippen molar-refractivity contribution >= 4 is 5.78 Å². The van der Waals surface area contributed by atoms with E-state index in [1.807, 2.05) is 32.0 Å². The summed E-state index contributed by atoms with van der Waals surface area (Å²) in [7, 11) is 0. The molecule has 1 aromatic carbocycles. The summed E-state index contributed by atoms with van der Waals surface area (Å²) in [6.07, 6.45) is -0.401. The molecule has 1 unspecified atom stereocenters. The molecule has 0 fully saturated rings. The molecule has 0 amide bonds. The zero-order valence-corrected chi connectivity index (χ0v) is 8.87. The molecule has 0 aliphatic heterocycles. The summed E-state index contributed by atoms with van der Waals surface area (Å²) in [5, 5.41) is 9.45. The van der Waals surface area contributed by atoms with Gasteiger partial charge in [-0.15, -0.1) is 0 Å². The van der Waals surface area contributed by atoms with Crippen LogP contribution >= 0.6 is 0 Å². The van der Waals surface area contributed by atoms with Crippen LogP contribution in [0.2, 0.25) is 0 Å². The van der Waals surface area contributed by atoms with Crippen LogP contribution in [0.3, 0.4) is 0 Å². The number of hydrogen-bond acceptors (Lipinski definition) is 2. The fourth-order valence-corrected chi connectivity index (χ4v) is 1.37. The standard InChI is InChI=1S/C12H16O2/c1-4-11(13)12(14)10-7-8(2)5-6-9(10)3/h5-7,11,13H,4H2,1-3H3. The van der Waals surface area contributed by atoms with E-state index in [1.54, 1.807) is 6.92 Å². The van der Waals surface area contributed by atoms with Crippen LogP contribution in [0, 0.1) is 13.8 Å². The molecule has 14 heavy (non-hydrogen) atoms. The second-order valence-corrected chi connectivity index (χ2v) is 3.61. The lowest BCUT2D eigenvalue weighted by molar-refractivity contribution is 0.0740. The zero-order chi connectivity index (χ0) is 10.7. The minimum atomic E-state index is -0.865. The Labute approximate surface area is 84.6 Å². The topological polar surface area (TPSA) is 37.3 Å². The van der Waals surface area contributed by atoms with Crippen LogP contribution in [0.4, 0.5) is 0 Å².